The molecule has 0 amide bonds. The van der Waals surface area contributed by atoms with Crippen molar-refractivity contribution in [1.82, 2.24) is 0 Å². The second-order valence-corrected chi connectivity index (χ2v) is 7.35. The van der Waals surface area contributed by atoms with Crippen LogP contribution in [-0.4, -0.2) is 33.8 Å². The number of benzene rings is 1. The molecular weight excluding hydrogens is 303 g/mol. The Bertz CT molecular complexity index is 439. The zero-order valence-corrected chi connectivity index (χ0v) is 13.8. The Morgan fingerprint density at radius 3 is 2.63 bits per heavy atom. The predicted octanol–water partition coefficient (Wildman–Crippen LogP) is 2.71. The molecule has 0 aliphatic carbocycles. The summed E-state index contributed by atoms with van der Waals surface area (Å²) in [5.74, 6) is 1.02. The third-order valence-corrected chi connectivity index (χ3v) is 5.56. The van der Waals surface area contributed by atoms with Gasteiger partial charge in [-0.25, -0.2) is 0 Å². The van der Waals surface area contributed by atoms with Crippen molar-refractivity contribution in [2.75, 3.05) is 6.61 Å². The van der Waals surface area contributed by atoms with Crippen LogP contribution >= 0.6 is 0 Å². The van der Waals surface area contributed by atoms with Crippen molar-refractivity contribution in [1.29, 1.82) is 0 Å². The summed E-state index contributed by atoms with van der Waals surface area (Å²) in [4.78, 5) is 2.23. The molecule has 19 heavy (non-hydrogen) atoms. The average molecular weight is 325 g/mol. The van der Waals surface area contributed by atoms with E-state index in [1.165, 1.54) is 4.46 Å². The quantitative estimate of drug-likeness (QED) is 0.793. The van der Waals surface area contributed by atoms with Gasteiger partial charge < -0.3 is 0 Å². The predicted molar refractivity (Wildman–Crippen MR) is 79.7 cm³/mol. The standard InChI is InChI=1S/C16H22O2Se/c1-5-17-15-14(18-12(2)16(15,3)4)11-19-13-9-7-6-8-10-13/h6-12,15H,5H2,1-4H3/b14-11-/t12-,15+/m1/s1. The van der Waals surface area contributed by atoms with Crippen LogP contribution in [0.3, 0.4) is 0 Å². The van der Waals surface area contributed by atoms with Gasteiger partial charge in [0.15, 0.2) is 0 Å². The number of hydrogen-bond donors (Lipinski definition) is 0. The molecule has 2 rings (SSSR count). The fourth-order valence-corrected chi connectivity index (χ4v) is 3.74. The minimum atomic E-state index is 0.0363. The third kappa shape index (κ3) is 3.22. The normalized spacial score (nSPS) is 27.5. The Balaban J connectivity index is 2.14. The van der Waals surface area contributed by atoms with E-state index in [-0.39, 0.29) is 17.6 Å². The minimum absolute atomic E-state index is 0.0363. The molecule has 0 unspecified atom stereocenters. The zero-order valence-electron chi connectivity index (χ0n) is 12.1. The number of hydrogen-bond acceptors (Lipinski definition) is 2. The molecule has 0 radical (unpaired) electrons. The van der Waals surface area contributed by atoms with Gasteiger partial charge in [0.2, 0.25) is 0 Å². The molecular formula is C16H22O2Se. The van der Waals surface area contributed by atoms with Crippen LogP contribution in [0.1, 0.15) is 27.7 Å². The summed E-state index contributed by atoms with van der Waals surface area (Å²) in [6.07, 6.45) is 0.278. The van der Waals surface area contributed by atoms with E-state index in [1.807, 2.05) is 13.0 Å². The van der Waals surface area contributed by atoms with E-state index in [1.54, 1.807) is 0 Å². The van der Waals surface area contributed by atoms with Crippen LogP contribution in [0.25, 0.3) is 0 Å². The van der Waals surface area contributed by atoms with Gasteiger partial charge >= 0.3 is 122 Å². The molecule has 0 spiro atoms. The summed E-state index contributed by atoms with van der Waals surface area (Å²) in [7, 11) is 0. The Morgan fingerprint density at radius 1 is 1.32 bits per heavy atom. The van der Waals surface area contributed by atoms with Crippen LogP contribution in [0, 0.1) is 5.41 Å². The Morgan fingerprint density at radius 2 is 2.00 bits per heavy atom. The van der Waals surface area contributed by atoms with Gasteiger partial charge in [0.05, 0.1) is 0 Å². The Kier molecular flexibility index (Phi) is 4.72. The van der Waals surface area contributed by atoms with Crippen LogP contribution in [0.5, 0.6) is 0 Å². The summed E-state index contributed by atoms with van der Waals surface area (Å²) in [6.45, 7) is 9.32. The van der Waals surface area contributed by atoms with Gasteiger partial charge in [-0.1, -0.05) is 0 Å². The average Bonchev–Trinajstić information content (AvgIpc) is 2.61. The summed E-state index contributed by atoms with van der Waals surface area (Å²) in [6, 6.07) is 10.5. The van der Waals surface area contributed by atoms with Crippen molar-refractivity contribution in [3.8, 4) is 0 Å². The van der Waals surface area contributed by atoms with Crippen molar-refractivity contribution in [3.05, 3.63) is 41.1 Å². The van der Waals surface area contributed by atoms with Crippen molar-refractivity contribution >= 4 is 19.4 Å². The first-order valence-electron chi connectivity index (χ1n) is 6.75. The third-order valence-electron chi connectivity index (χ3n) is 3.68. The molecule has 0 bridgehead atoms. The van der Waals surface area contributed by atoms with E-state index in [4.69, 9.17) is 9.47 Å². The van der Waals surface area contributed by atoms with Gasteiger partial charge in [-0.05, 0) is 0 Å². The molecule has 1 fully saturated rings. The van der Waals surface area contributed by atoms with Crippen LogP contribution in [-0.2, 0) is 9.47 Å². The van der Waals surface area contributed by atoms with Crippen LogP contribution in [0.2, 0.25) is 0 Å². The summed E-state index contributed by atoms with van der Waals surface area (Å²) in [5, 5.41) is 0. The summed E-state index contributed by atoms with van der Waals surface area (Å²) in [5.41, 5.74) is 0.0363. The van der Waals surface area contributed by atoms with Gasteiger partial charge in [-0.3, -0.25) is 0 Å². The summed E-state index contributed by atoms with van der Waals surface area (Å²) < 4.78 is 13.3. The molecule has 2 nitrogen and oxygen atoms in total. The molecule has 1 saturated heterocycles. The van der Waals surface area contributed by atoms with Gasteiger partial charge in [-0.15, -0.1) is 0 Å². The van der Waals surface area contributed by atoms with Crippen LogP contribution in [0.15, 0.2) is 41.1 Å². The first-order chi connectivity index (χ1) is 9.05. The monoisotopic (exact) mass is 326 g/mol. The van der Waals surface area contributed by atoms with E-state index in [0.717, 1.165) is 12.4 Å². The first-order valence-corrected chi connectivity index (χ1v) is 8.60. The van der Waals surface area contributed by atoms with Crippen molar-refractivity contribution in [2.45, 2.75) is 39.9 Å². The Hall–Kier alpha value is -0.761. The molecule has 0 N–H and O–H groups in total. The fourth-order valence-electron chi connectivity index (χ4n) is 2.18. The van der Waals surface area contributed by atoms with E-state index in [0.29, 0.717) is 15.0 Å². The Labute approximate surface area is 122 Å². The number of ether oxygens (including phenoxy) is 2. The maximum absolute atomic E-state index is 6.02. The van der Waals surface area contributed by atoms with Gasteiger partial charge in [0.25, 0.3) is 0 Å². The topological polar surface area (TPSA) is 18.5 Å². The second-order valence-electron chi connectivity index (χ2n) is 5.37. The van der Waals surface area contributed by atoms with Crippen LogP contribution < -0.4 is 4.46 Å². The van der Waals surface area contributed by atoms with Crippen molar-refractivity contribution < 1.29 is 9.47 Å². The molecule has 1 aromatic carbocycles. The molecule has 104 valence electrons. The molecule has 1 aliphatic rings. The molecule has 1 aliphatic heterocycles. The molecule has 1 heterocycles. The van der Waals surface area contributed by atoms with Gasteiger partial charge in [-0.2, -0.15) is 0 Å². The van der Waals surface area contributed by atoms with E-state index < -0.39 is 0 Å². The first kappa shape index (κ1) is 14.6. The van der Waals surface area contributed by atoms with Crippen LogP contribution in [0.4, 0.5) is 0 Å². The second kappa shape index (κ2) is 6.13. The van der Waals surface area contributed by atoms with Crippen molar-refractivity contribution in [3.63, 3.8) is 0 Å². The van der Waals surface area contributed by atoms with Gasteiger partial charge in [0.1, 0.15) is 0 Å². The molecule has 3 heteroatoms. The zero-order chi connectivity index (χ0) is 13.9. The molecule has 0 saturated carbocycles. The SMILES string of the molecule is CCO[C@H]1/C(=C/[Se]c2ccccc2)O[C@H](C)C1(C)C. The fraction of sp³-hybridized carbons (Fsp3) is 0.500. The number of rotatable bonds is 4. The molecule has 0 aromatic heterocycles. The summed E-state index contributed by atoms with van der Waals surface area (Å²) >= 11 is 0.298. The van der Waals surface area contributed by atoms with Crippen molar-refractivity contribution in [2.24, 2.45) is 5.41 Å². The molecule has 2 atom stereocenters. The maximum atomic E-state index is 6.02. The van der Waals surface area contributed by atoms with Gasteiger partial charge in [0, 0.05) is 0 Å². The molecule has 1 aromatic rings. The van der Waals surface area contributed by atoms with E-state index in [2.05, 4.69) is 50.0 Å². The van der Waals surface area contributed by atoms with E-state index in [9.17, 15) is 0 Å². The van der Waals surface area contributed by atoms with E-state index >= 15 is 0 Å².